The van der Waals surface area contributed by atoms with Gasteiger partial charge in [-0.2, -0.15) is 0 Å². The van der Waals surface area contributed by atoms with Crippen LogP contribution in [0.1, 0.15) is 24.1 Å². The van der Waals surface area contributed by atoms with Crippen LogP contribution >= 0.6 is 11.3 Å². The molecule has 1 fully saturated rings. The van der Waals surface area contributed by atoms with E-state index in [-0.39, 0.29) is 24.8 Å². The molecule has 1 aromatic carbocycles. The number of carbonyl (C=O) groups is 3. The molecule has 2 aromatic rings. The largest absolute Gasteiger partial charge is 0.456 e. The summed E-state index contributed by atoms with van der Waals surface area (Å²) >= 11 is 1.59. The van der Waals surface area contributed by atoms with Crippen LogP contribution in [0, 0.1) is 0 Å². The number of nitrogens with zero attached hydrogens (tertiary/aromatic N) is 1. The fourth-order valence-electron chi connectivity index (χ4n) is 2.74. The Bertz CT molecular complexity index is 771. The maximum absolute atomic E-state index is 11.9. The van der Waals surface area contributed by atoms with Crippen LogP contribution < -0.4 is 10.2 Å². The number of carbonyl (C=O) groups excluding carboxylic acids is 3. The number of nitrogens with one attached hydrogen (secondary N) is 1. The van der Waals surface area contributed by atoms with Crippen molar-refractivity contribution in [3.63, 3.8) is 0 Å². The Hall–Kier alpha value is -2.67. The van der Waals surface area contributed by atoms with Gasteiger partial charge in [0.15, 0.2) is 6.61 Å². The molecular weight excluding hydrogens is 352 g/mol. The van der Waals surface area contributed by atoms with Crippen molar-refractivity contribution in [3.05, 3.63) is 46.7 Å². The number of benzene rings is 1. The molecule has 6 nitrogen and oxygen atoms in total. The minimum absolute atomic E-state index is 0.122. The molecule has 3 rings (SSSR count). The fourth-order valence-corrected chi connectivity index (χ4v) is 3.45. The highest BCUT2D eigenvalue weighted by Gasteiger charge is 2.21. The van der Waals surface area contributed by atoms with Crippen LogP contribution in [-0.2, 0) is 25.5 Å². The molecule has 0 bridgehead atoms. The predicted molar refractivity (Wildman–Crippen MR) is 100 cm³/mol. The van der Waals surface area contributed by atoms with E-state index >= 15 is 0 Å². The lowest BCUT2D eigenvalue weighted by Crippen LogP contribution is -2.23. The molecule has 1 aliphatic heterocycles. The van der Waals surface area contributed by atoms with Crippen LogP contribution in [0.2, 0.25) is 0 Å². The van der Waals surface area contributed by atoms with Crippen molar-refractivity contribution >= 4 is 40.5 Å². The first-order valence-electron chi connectivity index (χ1n) is 8.50. The van der Waals surface area contributed by atoms with Gasteiger partial charge in [0.25, 0.3) is 5.91 Å². The normalized spacial score (nSPS) is 13.7. The number of hydrogen-bond donors (Lipinski definition) is 1. The van der Waals surface area contributed by atoms with Crippen molar-refractivity contribution in [3.8, 4) is 0 Å². The average Bonchev–Trinajstić information content (AvgIpc) is 3.30. The van der Waals surface area contributed by atoms with Crippen molar-refractivity contribution in [2.24, 2.45) is 0 Å². The van der Waals surface area contributed by atoms with Gasteiger partial charge in [0, 0.05) is 29.2 Å². The van der Waals surface area contributed by atoms with Gasteiger partial charge in [0.1, 0.15) is 0 Å². The van der Waals surface area contributed by atoms with Crippen LogP contribution in [0.5, 0.6) is 0 Å². The highest BCUT2D eigenvalue weighted by molar-refractivity contribution is 7.09. The molecule has 7 heteroatoms. The Morgan fingerprint density at radius 1 is 1.19 bits per heavy atom. The number of rotatable bonds is 7. The van der Waals surface area contributed by atoms with E-state index in [1.54, 1.807) is 40.5 Å². The summed E-state index contributed by atoms with van der Waals surface area (Å²) in [7, 11) is 0. The van der Waals surface area contributed by atoms with E-state index in [0.29, 0.717) is 18.5 Å². The minimum atomic E-state index is -0.392. The molecule has 2 heterocycles. The maximum atomic E-state index is 11.9. The van der Waals surface area contributed by atoms with Gasteiger partial charge in [0.05, 0.1) is 6.42 Å². The van der Waals surface area contributed by atoms with E-state index in [4.69, 9.17) is 4.74 Å². The molecule has 1 N–H and O–H groups in total. The van der Waals surface area contributed by atoms with Gasteiger partial charge >= 0.3 is 5.97 Å². The van der Waals surface area contributed by atoms with E-state index in [1.807, 2.05) is 17.5 Å². The zero-order valence-electron chi connectivity index (χ0n) is 14.3. The van der Waals surface area contributed by atoms with Crippen LogP contribution in [-0.4, -0.2) is 30.9 Å². The first-order valence-corrected chi connectivity index (χ1v) is 9.38. The summed E-state index contributed by atoms with van der Waals surface area (Å²) < 4.78 is 4.99. The second-order valence-electron chi connectivity index (χ2n) is 5.98. The van der Waals surface area contributed by atoms with Gasteiger partial charge in [-0.25, -0.2) is 0 Å². The predicted octanol–water partition coefficient (Wildman–Crippen LogP) is 2.99. The van der Waals surface area contributed by atoms with Gasteiger partial charge in [-0.15, -0.1) is 11.3 Å². The van der Waals surface area contributed by atoms with Crippen LogP contribution in [0.25, 0.3) is 0 Å². The summed E-state index contributed by atoms with van der Waals surface area (Å²) in [6.07, 6.45) is 2.33. The van der Waals surface area contributed by atoms with E-state index in [9.17, 15) is 14.4 Å². The number of ether oxygens (including phenoxy) is 1. The third kappa shape index (κ3) is 4.92. The minimum Gasteiger partial charge on any atom is -0.456 e. The SMILES string of the molecule is O=C(COC(=O)CCc1cccs1)Nc1ccc(N2CCCC2=O)cc1. The zero-order valence-corrected chi connectivity index (χ0v) is 15.1. The summed E-state index contributed by atoms with van der Waals surface area (Å²) in [6.45, 7) is 0.418. The summed E-state index contributed by atoms with van der Waals surface area (Å²) in [5.74, 6) is -0.660. The lowest BCUT2D eigenvalue weighted by Gasteiger charge is -2.16. The van der Waals surface area contributed by atoms with E-state index in [1.165, 1.54) is 0 Å². The van der Waals surface area contributed by atoms with Crippen LogP contribution in [0.4, 0.5) is 11.4 Å². The Kier molecular flexibility index (Phi) is 6.01. The molecule has 0 saturated carbocycles. The standard InChI is InChI=1S/C19H20N2O4S/c22-17(13-25-19(24)10-9-16-3-2-12-26-16)20-14-5-7-15(8-6-14)21-11-1-4-18(21)23/h2-3,5-8,12H,1,4,9-11,13H2,(H,20,22). The Morgan fingerprint density at radius 2 is 2.00 bits per heavy atom. The molecular formula is C19H20N2O4S. The lowest BCUT2D eigenvalue weighted by atomic mass is 10.2. The summed E-state index contributed by atoms with van der Waals surface area (Å²) in [5.41, 5.74) is 1.42. The monoisotopic (exact) mass is 372 g/mol. The van der Waals surface area contributed by atoms with Crippen molar-refractivity contribution in [1.82, 2.24) is 0 Å². The van der Waals surface area contributed by atoms with Gasteiger partial charge in [-0.1, -0.05) is 6.07 Å². The second-order valence-corrected chi connectivity index (χ2v) is 7.02. The molecule has 0 atom stereocenters. The summed E-state index contributed by atoms with van der Waals surface area (Å²) in [5, 5.41) is 4.64. The molecule has 0 spiro atoms. The van der Waals surface area contributed by atoms with Crippen molar-refractivity contribution in [2.75, 3.05) is 23.4 Å². The first kappa shape index (κ1) is 18.1. The van der Waals surface area contributed by atoms with Crippen molar-refractivity contribution in [1.29, 1.82) is 0 Å². The number of amides is 2. The van der Waals surface area contributed by atoms with Gasteiger partial charge in [-0.05, 0) is 48.6 Å². The molecule has 1 aliphatic rings. The van der Waals surface area contributed by atoms with Gasteiger partial charge in [-0.3, -0.25) is 14.4 Å². The Balaban J connectivity index is 1.41. The second kappa shape index (κ2) is 8.62. The molecule has 1 saturated heterocycles. The van der Waals surface area contributed by atoms with Crippen molar-refractivity contribution < 1.29 is 19.1 Å². The summed E-state index contributed by atoms with van der Waals surface area (Å²) in [6, 6.07) is 11.0. The van der Waals surface area contributed by atoms with Gasteiger partial charge in [0.2, 0.25) is 5.91 Å². The third-order valence-electron chi connectivity index (χ3n) is 4.06. The molecule has 136 valence electrons. The molecule has 0 aliphatic carbocycles. The Labute approximate surface area is 155 Å². The lowest BCUT2D eigenvalue weighted by molar-refractivity contribution is -0.147. The van der Waals surface area contributed by atoms with E-state index in [0.717, 1.165) is 23.5 Å². The third-order valence-corrected chi connectivity index (χ3v) is 4.99. The zero-order chi connectivity index (χ0) is 18.4. The fraction of sp³-hybridized carbons (Fsp3) is 0.316. The molecule has 0 radical (unpaired) electrons. The number of aryl methyl sites for hydroxylation is 1. The van der Waals surface area contributed by atoms with Crippen molar-refractivity contribution in [2.45, 2.75) is 25.7 Å². The number of esters is 1. The van der Waals surface area contributed by atoms with E-state index in [2.05, 4.69) is 5.32 Å². The van der Waals surface area contributed by atoms with Crippen LogP contribution in [0.3, 0.4) is 0 Å². The highest BCUT2D eigenvalue weighted by Crippen LogP contribution is 2.23. The number of thiophene rings is 1. The first-order chi connectivity index (χ1) is 12.6. The number of hydrogen-bond acceptors (Lipinski definition) is 5. The molecule has 0 unspecified atom stereocenters. The Morgan fingerprint density at radius 3 is 2.65 bits per heavy atom. The highest BCUT2D eigenvalue weighted by atomic mass is 32.1. The topological polar surface area (TPSA) is 75.7 Å². The number of anilines is 2. The smallest absolute Gasteiger partial charge is 0.306 e. The van der Waals surface area contributed by atoms with E-state index < -0.39 is 5.97 Å². The van der Waals surface area contributed by atoms with Gasteiger partial charge < -0.3 is 15.0 Å². The molecule has 1 aromatic heterocycles. The molecule has 2 amide bonds. The molecule has 26 heavy (non-hydrogen) atoms. The quantitative estimate of drug-likeness (QED) is 0.758. The summed E-state index contributed by atoms with van der Waals surface area (Å²) in [4.78, 5) is 38.1. The average molecular weight is 372 g/mol. The van der Waals surface area contributed by atoms with Crippen LogP contribution in [0.15, 0.2) is 41.8 Å². The maximum Gasteiger partial charge on any atom is 0.306 e.